The number of likely N-dealkylation sites (tertiary alicyclic amines) is 1. The van der Waals surface area contributed by atoms with Gasteiger partial charge in [0.1, 0.15) is 0 Å². The summed E-state index contributed by atoms with van der Waals surface area (Å²) in [7, 11) is 3.40. The van der Waals surface area contributed by atoms with Gasteiger partial charge in [0, 0.05) is 24.9 Å². The van der Waals surface area contributed by atoms with Crippen LogP contribution in [0.15, 0.2) is 0 Å². The van der Waals surface area contributed by atoms with E-state index in [1.165, 1.54) is 0 Å². The molecule has 0 aliphatic carbocycles. The molecule has 0 aromatic rings. The van der Waals surface area contributed by atoms with Crippen LogP contribution in [0.5, 0.6) is 0 Å². The van der Waals surface area contributed by atoms with Gasteiger partial charge in [-0.3, -0.25) is 4.79 Å². The molecule has 2 atom stereocenters. The summed E-state index contributed by atoms with van der Waals surface area (Å²) in [5, 5.41) is 3.38. The monoisotopic (exact) mass is 392 g/mol. The highest BCUT2D eigenvalue weighted by Crippen LogP contribution is 2.26. The molecule has 0 spiro atoms. The van der Waals surface area contributed by atoms with Crippen molar-refractivity contribution < 1.29 is 14.3 Å². The zero-order valence-corrected chi connectivity index (χ0v) is 18.3. The molecule has 7 heteroatoms. The van der Waals surface area contributed by atoms with Crippen LogP contribution in [0.2, 0.25) is 0 Å². The van der Waals surface area contributed by atoms with Crippen LogP contribution in [0.3, 0.4) is 0 Å². The third-order valence-corrected chi connectivity index (χ3v) is 6.04. The second kappa shape index (κ2) is 12.4. The quantitative estimate of drug-likeness (QED) is 0.407. The van der Waals surface area contributed by atoms with Crippen molar-refractivity contribution in [2.75, 3.05) is 31.2 Å². The Morgan fingerprint density at radius 1 is 1.16 bits per heavy atom. The fraction of sp³-hybridized carbons (Fsp3) is 0.944. The molecule has 1 N–H and O–H groups in total. The molecule has 1 aliphatic rings. The average Bonchev–Trinajstić information content (AvgIpc) is 2.90. The molecule has 25 heavy (non-hydrogen) atoms. The Bertz CT molecular complexity index is 381. The Morgan fingerprint density at radius 3 is 2.48 bits per heavy atom. The van der Waals surface area contributed by atoms with Crippen LogP contribution in [0.25, 0.3) is 0 Å². The number of nitrogens with one attached hydrogen (secondary N) is 1. The lowest BCUT2D eigenvalue weighted by Gasteiger charge is -2.25. The van der Waals surface area contributed by atoms with Crippen LogP contribution in [0, 0.1) is 0 Å². The van der Waals surface area contributed by atoms with Gasteiger partial charge in [0.15, 0.2) is 0 Å². The summed E-state index contributed by atoms with van der Waals surface area (Å²) < 4.78 is 11.7. The van der Waals surface area contributed by atoms with Crippen LogP contribution in [-0.2, 0) is 14.3 Å². The maximum absolute atomic E-state index is 12.6. The Morgan fingerprint density at radius 2 is 1.88 bits per heavy atom. The predicted octanol–water partition coefficient (Wildman–Crippen LogP) is 3.19. The van der Waals surface area contributed by atoms with Crippen LogP contribution in [-0.4, -0.2) is 72.4 Å². The number of hydrogen-bond acceptors (Lipinski definition) is 6. The Labute approximate surface area is 161 Å². The predicted molar refractivity (Wildman–Crippen MR) is 109 cm³/mol. The second-order valence-corrected chi connectivity index (χ2v) is 9.90. The minimum atomic E-state index is 0.123. The average molecular weight is 393 g/mol. The molecule has 1 aliphatic heterocycles. The molecule has 0 unspecified atom stereocenters. The SMILES string of the molecule is CC(C)NCCSSCC(=O)N1C[C@H](OC(C)C)C[C@H]1COC(C)C. The number of rotatable bonds is 12. The molecule has 1 saturated heterocycles. The van der Waals surface area contributed by atoms with Crippen molar-refractivity contribution in [1.82, 2.24) is 10.2 Å². The maximum Gasteiger partial charge on any atom is 0.233 e. The molecule has 1 heterocycles. The highest BCUT2D eigenvalue weighted by Gasteiger charge is 2.36. The number of ether oxygens (including phenoxy) is 2. The van der Waals surface area contributed by atoms with Crippen molar-refractivity contribution in [2.24, 2.45) is 0 Å². The molecule has 1 amide bonds. The van der Waals surface area contributed by atoms with Gasteiger partial charge >= 0.3 is 0 Å². The topological polar surface area (TPSA) is 50.8 Å². The summed E-state index contributed by atoms with van der Waals surface area (Å²) >= 11 is 0. The first-order valence-electron chi connectivity index (χ1n) is 9.33. The zero-order valence-electron chi connectivity index (χ0n) is 16.6. The van der Waals surface area contributed by atoms with Crippen molar-refractivity contribution in [1.29, 1.82) is 0 Å². The normalized spacial score (nSPS) is 21.1. The van der Waals surface area contributed by atoms with Gasteiger partial charge in [-0.1, -0.05) is 35.4 Å². The van der Waals surface area contributed by atoms with Gasteiger partial charge in [0.2, 0.25) is 5.91 Å². The van der Waals surface area contributed by atoms with Gasteiger partial charge < -0.3 is 19.7 Å². The van der Waals surface area contributed by atoms with Crippen molar-refractivity contribution in [3.05, 3.63) is 0 Å². The van der Waals surface area contributed by atoms with E-state index in [0.717, 1.165) is 18.7 Å². The molecule has 0 radical (unpaired) electrons. The summed E-state index contributed by atoms with van der Waals surface area (Å²) in [5.41, 5.74) is 0. The summed E-state index contributed by atoms with van der Waals surface area (Å²) in [6.07, 6.45) is 1.36. The smallest absolute Gasteiger partial charge is 0.233 e. The van der Waals surface area contributed by atoms with Crippen LogP contribution in [0.4, 0.5) is 0 Å². The van der Waals surface area contributed by atoms with Gasteiger partial charge in [0.05, 0.1) is 36.7 Å². The molecule has 0 saturated carbocycles. The molecular weight excluding hydrogens is 356 g/mol. The Balaban J connectivity index is 2.39. The van der Waals surface area contributed by atoms with Crippen molar-refractivity contribution in [2.45, 2.75) is 78.4 Å². The third-order valence-electron chi connectivity index (χ3n) is 3.79. The van der Waals surface area contributed by atoms with E-state index in [-0.39, 0.29) is 30.3 Å². The van der Waals surface area contributed by atoms with E-state index in [1.54, 1.807) is 21.6 Å². The van der Waals surface area contributed by atoms with Gasteiger partial charge in [-0.15, -0.1) is 0 Å². The molecule has 1 fully saturated rings. The fourth-order valence-corrected chi connectivity index (χ4v) is 4.57. The van der Waals surface area contributed by atoms with E-state index >= 15 is 0 Å². The molecule has 1 rings (SSSR count). The third kappa shape index (κ3) is 10.1. The van der Waals surface area contributed by atoms with Crippen LogP contribution < -0.4 is 5.32 Å². The van der Waals surface area contributed by atoms with Crippen LogP contribution >= 0.6 is 21.6 Å². The van der Waals surface area contributed by atoms with Gasteiger partial charge in [-0.2, -0.15) is 0 Å². The van der Waals surface area contributed by atoms with E-state index < -0.39 is 0 Å². The Kier molecular flexibility index (Phi) is 11.5. The van der Waals surface area contributed by atoms with E-state index in [4.69, 9.17) is 9.47 Å². The number of carbonyl (C=O) groups excluding carboxylic acids is 1. The first-order chi connectivity index (χ1) is 11.8. The lowest BCUT2D eigenvalue weighted by atomic mass is 10.2. The molecular formula is C18H36N2O3S2. The summed E-state index contributed by atoms with van der Waals surface area (Å²) in [5.74, 6) is 1.72. The van der Waals surface area contributed by atoms with Gasteiger partial charge in [-0.05, 0) is 34.1 Å². The van der Waals surface area contributed by atoms with Crippen molar-refractivity contribution in [3.8, 4) is 0 Å². The zero-order chi connectivity index (χ0) is 18.8. The highest BCUT2D eigenvalue weighted by molar-refractivity contribution is 8.76. The fourth-order valence-electron chi connectivity index (χ4n) is 2.75. The molecule has 148 valence electrons. The largest absolute Gasteiger partial charge is 0.377 e. The number of nitrogens with zero attached hydrogens (tertiary/aromatic N) is 1. The van der Waals surface area contributed by atoms with E-state index in [1.807, 2.05) is 32.6 Å². The van der Waals surface area contributed by atoms with Crippen LogP contribution in [0.1, 0.15) is 48.0 Å². The minimum absolute atomic E-state index is 0.123. The first-order valence-corrected chi connectivity index (χ1v) is 11.8. The van der Waals surface area contributed by atoms with Crippen molar-refractivity contribution >= 4 is 27.5 Å². The molecule has 5 nitrogen and oxygen atoms in total. The molecule has 0 aromatic heterocycles. The lowest BCUT2D eigenvalue weighted by Crippen LogP contribution is -2.40. The number of carbonyl (C=O) groups is 1. The van der Waals surface area contributed by atoms with Gasteiger partial charge in [0.25, 0.3) is 0 Å². The van der Waals surface area contributed by atoms with Gasteiger partial charge in [-0.25, -0.2) is 0 Å². The lowest BCUT2D eigenvalue weighted by molar-refractivity contribution is -0.131. The summed E-state index contributed by atoms with van der Waals surface area (Å²) in [4.78, 5) is 14.6. The molecule has 0 bridgehead atoms. The summed E-state index contributed by atoms with van der Waals surface area (Å²) in [6.45, 7) is 14.7. The second-order valence-electron chi connectivity index (χ2n) is 7.32. The number of amides is 1. The van der Waals surface area contributed by atoms with E-state index in [2.05, 4.69) is 19.2 Å². The maximum atomic E-state index is 12.6. The van der Waals surface area contributed by atoms with Crippen molar-refractivity contribution in [3.63, 3.8) is 0 Å². The first kappa shape index (κ1) is 23.1. The highest BCUT2D eigenvalue weighted by atomic mass is 33.1. The standard InChI is InChI=1S/C18H36N2O3S2/c1-13(2)19-7-8-24-25-12-18(21)20-10-17(23-15(5)6)9-16(20)11-22-14(3)4/h13-17,19H,7-12H2,1-6H3/t16-,17+/m0/s1. The number of hydrogen-bond donors (Lipinski definition) is 1. The Hall–Kier alpha value is 0.0500. The minimum Gasteiger partial charge on any atom is -0.377 e. The van der Waals surface area contributed by atoms with E-state index in [9.17, 15) is 4.79 Å². The summed E-state index contributed by atoms with van der Waals surface area (Å²) in [6, 6.07) is 0.642. The van der Waals surface area contributed by atoms with E-state index in [0.29, 0.717) is 24.9 Å². The molecule has 0 aromatic carbocycles.